The highest BCUT2D eigenvalue weighted by atomic mass is 16.7. The van der Waals surface area contributed by atoms with Crippen molar-refractivity contribution in [1.29, 1.82) is 0 Å². The Morgan fingerprint density at radius 3 is 2.94 bits per heavy atom. The Bertz CT molecular complexity index is 434. The number of carbonyl (C=O) groups excluding carboxylic acids is 1. The molecule has 5 heteroatoms. The molecule has 18 heavy (non-hydrogen) atoms. The van der Waals surface area contributed by atoms with Crippen LogP contribution < -0.4 is 20.1 Å². The van der Waals surface area contributed by atoms with Gasteiger partial charge in [0.25, 0.3) is 0 Å². The van der Waals surface area contributed by atoms with Crippen LogP contribution in [0.1, 0.15) is 25.5 Å². The van der Waals surface area contributed by atoms with Crippen molar-refractivity contribution in [2.45, 2.75) is 19.9 Å². The SMILES string of the molecule is CCNC(=O)CNC(C)c1ccc2c(c1)OCO2. The van der Waals surface area contributed by atoms with Gasteiger partial charge in [-0.1, -0.05) is 6.07 Å². The van der Waals surface area contributed by atoms with Crippen LogP contribution >= 0.6 is 0 Å². The second-order valence-corrected chi connectivity index (χ2v) is 4.17. The van der Waals surface area contributed by atoms with Gasteiger partial charge in [0, 0.05) is 12.6 Å². The lowest BCUT2D eigenvalue weighted by molar-refractivity contribution is -0.120. The highest BCUT2D eigenvalue weighted by molar-refractivity contribution is 5.77. The van der Waals surface area contributed by atoms with Crippen molar-refractivity contribution in [1.82, 2.24) is 10.6 Å². The van der Waals surface area contributed by atoms with E-state index in [1.807, 2.05) is 32.0 Å². The van der Waals surface area contributed by atoms with E-state index >= 15 is 0 Å². The minimum absolute atomic E-state index is 0.00472. The summed E-state index contributed by atoms with van der Waals surface area (Å²) in [5.41, 5.74) is 1.07. The molecule has 0 aliphatic carbocycles. The molecule has 0 radical (unpaired) electrons. The second-order valence-electron chi connectivity index (χ2n) is 4.17. The average Bonchev–Trinajstić information content (AvgIpc) is 2.83. The Hall–Kier alpha value is -1.75. The van der Waals surface area contributed by atoms with Gasteiger partial charge in [0.15, 0.2) is 11.5 Å². The molecule has 0 spiro atoms. The van der Waals surface area contributed by atoms with E-state index in [9.17, 15) is 4.79 Å². The molecular weight excluding hydrogens is 232 g/mol. The minimum atomic E-state index is 0.00472. The van der Waals surface area contributed by atoms with Crippen LogP contribution in [0.5, 0.6) is 11.5 Å². The van der Waals surface area contributed by atoms with Crippen molar-refractivity contribution in [3.8, 4) is 11.5 Å². The lowest BCUT2D eigenvalue weighted by Gasteiger charge is -2.14. The molecular formula is C13H18N2O3. The van der Waals surface area contributed by atoms with Gasteiger partial charge in [-0.15, -0.1) is 0 Å². The molecule has 0 fully saturated rings. The van der Waals surface area contributed by atoms with Crippen LogP contribution in [0.2, 0.25) is 0 Å². The summed E-state index contributed by atoms with van der Waals surface area (Å²) in [6, 6.07) is 5.89. The van der Waals surface area contributed by atoms with E-state index < -0.39 is 0 Å². The third-order valence-corrected chi connectivity index (χ3v) is 2.84. The van der Waals surface area contributed by atoms with Gasteiger partial charge < -0.3 is 20.1 Å². The molecule has 1 unspecified atom stereocenters. The molecule has 1 aromatic carbocycles. The standard InChI is InChI=1S/C13H18N2O3/c1-3-14-13(16)7-15-9(2)10-4-5-11-12(6-10)18-8-17-11/h4-6,9,15H,3,7-8H2,1-2H3,(H,14,16). The third kappa shape index (κ3) is 2.92. The predicted octanol–water partition coefficient (Wildman–Crippen LogP) is 1.20. The normalized spacial score (nSPS) is 14.3. The van der Waals surface area contributed by atoms with E-state index in [4.69, 9.17) is 9.47 Å². The Kier molecular flexibility index (Phi) is 4.04. The number of hydrogen-bond donors (Lipinski definition) is 2. The molecule has 1 aromatic rings. The molecule has 1 amide bonds. The highest BCUT2D eigenvalue weighted by Gasteiger charge is 2.15. The molecule has 2 N–H and O–H groups in total. The zero-order valence-corrected chi connectivity index (χ0v) is 10.7. The Morgan fingerprint density at radius 1 is 1.39 bits per heavy atom. The summed E-state index contributed by atoms with van der Waals surface area (Å²) in [6.45, 7) is 5.15. The van der Waals surface area contributed by atoms with Crippen molar-refractivity contribution >= 4 is 5.91 Å². The van der Waals surface area contributed by atoms with Crippen LogP contribution in [0.25, 0.3) is 0 Å². The molecule has 0 aromatic heterocycles. The Labute approximate surface area is 106 Å². The van der Waals surface area contributed by atoms with E-state index in [0.29, 0.717) is 13.1 Å². The quantitative estimate of drug-likeness (QED) is 0.824. The molecule has 1 aliphatic heterocycles. The average molecular weight is 250 g/mol. The molecule has 98 valence electrons. The number of rotatable bonds is 5. The monoisotopic (exact) mass is 250 g/mol. The molecule has 1 aliphatic rings. The zero-order valence-electron chi connectivity index (χ0n) is 10.7. The van der Waals surface area contributed by atoms with Crippen LogP contribution in [-0.4, -0.2) is 25.8 Å². The molecule has 2 rings (SSSR count). The van der Waals surface area contributed by atoms with Gasteiger partial charge in [-0.3, -0.25) is 4.79 Å². The van der Waals surface area contributed by atoms with Gasteiger partial charge >= 0.3 is 0 Å². The van der Waals surface area contributed by atoms with Crippen molar-refractivity contribution < 1.29 is 14.3 Å². The summed E-state index contributed by atoms with van der Waals surface area (Å²) in [7, 11) is 0. The fourth-order valence-corrected chi connectivity index (χ4v) is 1.81. The number of nitrogens with one attached hydrogen (secondary N) is 2. The molecule has 0 saturated heterocycles. The molecule has 0 saturated carbocycles. The van der Waals surface area contributed by atoms with Crippen molar-refractivity contribution in [2.24, 2.45) is 0 Å². The smallest absolute Gasteiger partial charge is 0.233 e. The van der Waals surface area contributed by atoms with Crippen LogP contribution in [-0.2, 0) is 4.79 Å². The number of benzene rings is 1. The fraction of sp³-hybridized carbons (Fsp3) is 0.462. The first-order chi connectivity index (χ1) is 8.70. The highest BCUT2D eigenvalue weighted by Crippen LogP contribution is 2.33. The minimum Gasteiger partial charge on any atom is -0.454 e. The fourth-order valence-electron chi connectivity index (χ4n) is 1.81. The third-order valence-electron chi connectivity index (χ3n) is 2.84. The molecule has 5 nitrogen and oxygen atoms in total. The van der Waals surface area contributed by atoms with E-state index in [2.05, 4.69) is 10.6 Å². The lowest BCUT2D eigenvalue weighted by Crippen LogP contribution is -2.34. The van der Waals surface area contributed by atoms with Crippen molar-refractivity contribution in [3.63, 3.8) is 0 Å². The largest absolute Gasteiger partial charge is 0.454 e. The van der Waals surface area contributed by atoms with Gasteiger partial charge in [0.05, 0.1) is 6.54 Å². The number of carbonyl (C=O) groups is 1. The first kappa shape index (κ1) is 12.7. The summed E-state index contributed by atoms with van der Waals surface area (Å²) in [5, 5.41) is 5.91. The van der Waals surface area contributed by atoms with Crippen LogP contribution in [0, 0.1) is 0 Å². The summed E-state index contributed by atoms with van der Waals surface area (Å²) in [5.74, 6) is 1.54. The van der Waals surface area contributed by atoms with Crippen LogP contribution in [0.15, 0.2) is 18.2 Å². The van der Waals surface area contributed by atoms with E-state index in [0.717, 1.165) is 17.1 Å². The molecule has 1 heterocycles. The van der Waals surface area contributed by atoms with E-state index in [1.165, 1.54) is 0 Å². The number of hydrogen-bond acceptors (Lipinski definition) is 4. The summed E-state index contributed by atoms with van der Waals surface area (Å²) >= 11 is 0. The maximum absolute atomic E-state index is 11.3. The van der Waals surface area contributed by atoms with Gasteiger partial charge in [0.1, 0.15) is 0 Å². The van der Waals surface area contributed by atoms with E-state index in [1.54, 1.807) is 0 Å². The molecule has 0 bridgehead atoms. The Morgan fingerprint density at radius 2 is 2.17 bits per heavy atom. The Balaban J connectivity index is 1.92. The van der Waals surface area contributed by atoms with Gasteiger partial charge in [-0.05, 0) is 31.5 Å². The van der Waals surface area contributed by atoms with Gasteiger partial charge in [-0.2, -0.15) is 0 Å². The maximum Gasteiger partial charge on any atom is 0.233 e. The van der Waals surface area contributed by atoms with Crippen molar-refractivity contribution in [2.75, 3.05) is 19.9 Å². The van der Waals surface area contributed by atoms with Crippen LogP contribution in [0.4, 0.5) is 0 Å². The first-order valence-corrected chi connectivity index (χ1v) is 6.10. The van der Waals surface area contributed by atoms with E-state index in [-0.39, 0.29) is 18.7 Å². The number of fused-ring (bicyclic) bond motifs is 1. The van der Waals surface area contributed by atoms with Gasteiger partial charge in [0.2, 0.25) is 12.7 Å². The number of ether oxygens (including phenoxy) is 2. The lowest BCUT2D eigenvalue weighted by atomic mass is 10.1. The van der Waals surface area contributed by atoms with Gasteiger partial charge in [-0.25, -0.2) is 0 Å². The van der Waals surface area contributed by atoms with Crippen LogP contribution in [0.3, 0.4) is 0 Å². The number of amides is 1. The summed E-state index contributed by atoms with van der Waals surface area (Å²) in [4.78, 5) is 11.3. The summed E-state index contributed by atoms with van der Waals surface area (Å²) in [6.07, 6.45) is 0. The maximum atomic E-state index is 11.3. The predicted molar refractivity (Wildman–Crippen MR) is 67.7 cm³/mol. The second kappa shape index (κ2) is 5.73. The first-order valence-electron chi connectivity index (χ1n) is 6.10. The number of likely N-dealkylation sites (N-methyl/N-ethyl adjacent to an activating group) is 1. The topological polar surface area (TPSA) is 59.6 Å². The van der Waals surface area contributed by atoms with Crippen molar-refractivity contribution in [3.05, 3.63) is 23.8 Å². The molecule has 1 atom stereocenters. The summed E-state index contributed by atoms with van der Waals surface area (Å²) < 4.78 is 10.6. The zero-order chi connectivity index (χ0) is 13.0.